The topological polar surface area (TPSA) is 165 Å². The number of primary amides is 1. The molecule has 3 amide bonds. The predicted octanol–water partition coefficient (Wildman–Crippen LogP) is -0.957. The van der Waals surface area contributed by atoms with Gasteiger partial charge in [-0.05, 0) is 30.8 Å². The van der Waals surface area contributed by atoms with Crippen LogP contribution in [0.2, 0.25) is 0 Å². The first kappa shape index (κ1) is 23.2. The molecule has 0 bridgehead atoms. The minimum atomic E-state index is -1.44. The lowest BCUT2D eigenvalue weighted by Gasteiger charge is -2.23. The van der Waals surface area contributed by atoms with Gasteiger partial charge in [0.05, 0.1) is 12.5 Å². The monoisotopic (exact) mass is 376 g/mol. The summed E-state index contributed by atoms with van der Waals surface area (Å²) in [6.45, 7) is 3.85. The van der Waals surface area contributed by atoms with Gasteiger partial charge in [0.2, 0.25) is 17.7 Å². The highest BCUT2D eigenvalue weighted by molar-refractivity contribution is 7.98. The number of carbonyl (C=O) groups excluding carboxylic acids is 3. The summed E-state index contributed by atoms with van der Waals surface area (Å²) in [4.78, 5) is 46.5. The molecule has 0 aromatic rings. The Morgan fingerprint density at radius 1 is 1.08 bits per heavy atom. The normalized spacial score (nSPS) is 14.4. The Labute approximate surface area is 151 Å². The number of rotatable bonds is 12. The van der Waals surface area contributed by atoms with E-state index in [0.717, 1.165) is 0 Å². The van der Waals surface area contributed by atoms with Gasteiger partial charge in [-0.25, -0.2) is 4.79 Å². The van der Waals surface area contributed by atoms with Crippen molar-refractivity contribution < 1.29 is 24.3 Å². The van der Waals surface area contributed by atoms with Gasteiger partial charge in [-0.1, -0.05) is 13.8 Å². The molecule has 0 saturated heterocycles. The number of carbonyl (C=O) groups is 4. The molecule has 0 aliphatic heterocycles. The highest BCUT2D eigenvalue weighted by Gasteiger charge is 2.28. The molecule has 0 aromatic carbocycles. The van der Waals surface area contributed by atoms with Crippen LogP contribution in [0.15, 0.2) is 0 Å². The zero-order chi connectivity index (χ0) is 19.6. The molecule has 9 nitrogen and oxygen atoms in total. The van der Waals surface area contributed by atoms with Crippen molar-refractivity contribution in [3.63, 3.8) is 0 Å². The van der Waals surface area contributed by atoms with Crippen LogP contribution in [0.1, 0.15) is 33.1 Å². The second-order valence-electron chi connectivity index (χ2n) is 6.15. The lowest BCUT2D eigenvalue weighted by Crippen LogP contribution is -2.55. The van der Waals surface area contributed by atoms with Crippen LogP contribution in [0.5, 0.6) is 0 Å². The van der Waals surface area contributed by atoms with Crippen LogP contribution in [0.25, 0.3) is 0 Å². The Morgan fingerprint density at radius 2 is 1.64 bits per heavy atom. The SMILES string of the molecule is CSCC[C@H](NC(=O)[C@@H](N)CC(C)C)C(=O)N[C@@H](CC(N)=O)C(=O)O. The van der Waals surface area contributed by atoms with Gasteiger partial charge in [-0.3, -0.25) is 14.4 Å². The Hall–Kier alpha value is -1.81. The number of thioether (sulfide) groups is 1. The van der Waals surface area contributed by atoms with Crippen molar-refractivity contribution in [3.8, 4) is 0 Å². The molecule has 0 spiro atoms. The number of amides is 3. The highest BCUT2D eigenvalue weighted by Crippen LogP contribution is 2.06. The van der Waals surface area contributed by atoms with Gasteiger partial charge in [0.15, 0.2) is 0 Å². The van der Waals surface area contributed by atoms with Gasteiger partial charge < -0.3 is 27.2 Å². The summed E-state index contributed by atoms with van der Waals surface area (Å²) in [7, 11) is 0. The lowest BCUT2D eigenvalue weighted by atomic mass is 10.0. The number of nitrogens with one attached hydrogen (secondary N) is 2. The average molecular weight is 376 g/mol. The van der Waals surface area contributed by atoms with Crippen molar-refractivity contribution in [3.05, 3.63) is 0 Å². The number of aliphatic carboxylic acids is 1. The number of hydrogen-bond donors (Lipinski definition) is 5. The predicted molar refractivity (Wildman–Crippen MR) is 95.7 cm³/mol. The van der Waals surface area contributed by atoms with Crippen LogP contribution in [0.3, 0.4) is 0 Å². The first-order valence-corrected chi connectivity index (χ1v) is 9.34. The third kappa shape index (κ3) is 9.92. The lowest BCUT2D eigenvalue weighted by molar-refractivity contribution is -0.143. The summed E-state index contributed by atoms with van der Waals surface area (Å²) in [5.41, 5.74) is 10.8. The van der Waals surface area contributed by atoms with Gasteiger partial charge in [-0.2, -0.15) is 11.8 Å². The van der Waals surface area contributed by atoms with Gasteiger partial charge >= 0.3 is 5.97 Å². The Balaban J connectivity index is 4.98. The summed E-state index contributed by atoms with van der Waals surface area (Å²) in [5.74, 6) is -2.60. The largest absolute Gasteiger partial charge is 0.480 e. The fourth-order valence-corrected chi connectivity index (χ4v) is 2.54. The molecule has 0 fully saturated rings. The van der Waals surface area contributed by atoms with E-state index in [4.69, 9.17) is 16.6 Å². The van der Waals surface area contributed by atoms with E-state index < -0.39 is 48.2 Å². The molecule has 0 aliphatic rings. The molecule has 3 atom stereocenters. The maximum absolute atomic E-state index is 12.3. The van der Waals surface area contributed by atoms with E-state index in [1.54, 1.807) is 0 Å². The van der Waals surface area contributed by atoms with Gasteiger partial charge in [0.1, 0.15) is 12.1 Å². The standard InChI is InChI=1S/C15H28N4O5S/c1-8(2)6-9(16)13(21)18-10(4-5-25-3)14(22)19-11(15(23)24)7-12(17)20/h8-11H,4-7,16H2,1-3H3,(H2,17,20)(H,18,21)(H,19,22)(H,23,24)/t9-,10-,11-/m0/s1. The zero-order valence-electron chi connectivity index (χ0n) is 14.8. The van der Waals surface area contributed by atoms with Crippen molar-refractivity contribution in [2.75, 3.05) is 12.0 Å². The van der Waals surface area contributed by atoms with Gasteiger partial charge in [0.25, 0.3) is 0 Å². The van der Waals surface area contributed by atoms with Crippen LogP contribution in [-0.2, 0) is 19.2 Å². The van der Waals surface area contributed by atoms with Crippen LogP contribution in [-0.4, -0.2) is 58.9 Å². The summed E-state index contributed by atoms with van der Waals surface area (Å²) >= 11 is 1.48. The highest BCUT2D eigenvalue weighted by atomic mass is 32.2. The van der Waals surface area contributed by atoms with E-state index in [0.29, 0.717) is 18.6 Å². The first-order chi connectivity index (χ1) is 11.6. The van der Waals surface area contributed by atoms with E-state index in [1.807, 2.05) is 20.1 Å². The minimum absolute atomic E-state index is 0.214. The quantitative estimate of drug-likeness (QED) is 0.293. The molecule has 0 heterocycles. The third-order valence-electron chi connectivity index (χ3n) is 3.33. The van der Waals surface area contributed by atoms with Gasteiger partial charge in [-0.15, -0.1) is 0 Å². The summed E-state index contributed by atoms with van der Waals surface area (Å²) in [6, 6.07) is -3.14. The van der Waals surface area contributed by atoms with Crippen molar-refractivity contribution >= 4 is 35.5 Å². The molecular formula is C15H28N4O5S. The Morgan fingerprint density at radius 3 is 2.08 bits per heavy atom. The average Bonchev–Trinajstić information content (AvgIpc) is 2.48. The maximum Gasteiger partial charge on any atom is 0.326 e. The first-order valence-electron chi connectivity index (χ1n) is 7.94. The maximum atomic E-state index is 12.3. The van der Waals surface area contributed by atoms with E-state index in [-0.39, 0.29) is 5.92 Å². The van der Waals surface area contributed by atoms with E-state index in [1.165, 1.54) is 11.8 Å². The second-order valence-corrected chi connectivity index (χ2v) is 7.13. The smallest absolute Gasteiger partial charge is 0.326 e. The van der Waals surface area contributed by atoms with E-state index in [9.17, 15) is 19.2 Å². The zero-order valence-corrected chi connectivity index (χ0v) is 15.6. The molecule has 0 aliphatic carbocycles. The number of carboxylic acids is 1. The summed E-state index contributed by atoms with van der Waals surface area (Å²) < 4.78 is 0. The molecule has 7 N–H and O–H groups in total. The molecule has 0 aromatic heterocycles. The van der Waals surface area contributed by atoms with Crippen LogP contribution in [0.4, 0.5) is 0 Å². The van der Waals surface area contributed by atoms with Crippen molar-refractivity contribution in [1.82, 2.24) is 10.6 Å². The van der Waals surface area contributed by atoms with Crippen molar-refractivity contribution in [2.24, 2.45) is 17.4 Å². The van der Waals surface area contributed by atoms with Crippen LogP contribution < -0.4 is 22.1 Å². The number of hydrogen-bond acceptors (Lipinski definition) is 6. The molecule has 25 heavy (non-hydrogen) atoms. The van der Waals surface area contributed by atoms with Crippen molar-refractivity contribution in [2.45, 2.75) is 51.2 Å². The van der Waals surface area contributed by atoms with E-state index >= 15 is 0 Å². The summed E-state index contributed by atoms with van der Waals surface area (Å²) in [6.07, 6.45) is 2.07. The van der Waals surface area contributed by atoms with Gasteiger partial charge in [0, 0.05) is 0 Å². The summed E-state index contributed by atoms with van der Waals surface area (Å²) in [5, 5.41) is 13.9. The molecule has 0 radical (unpaired) electrons. The molecule has 10 heteroatoms. The van der Waals surface area contributed by atoms with Crippen LogP contribution in [0, 0.1) is 5.92 Å². The van der Waals surface area contributed by atoms with Crippen molar-refractivity contribution in [1.29, 1.82) is 0 Å². The van der Waals surface area contributed by atoms with E-state index in [2.05, 4.69) is 10.6 Å². The molecule has 0 rings (SSSR count). The molecule has 0 saturated carbocycles. The molecule has 144 valence electrons. The third-order valence-corrected chi connectivity index (χ3v) is 3.97. The Bertz CT molecular complexity index is 487. The minimum Gasteiger partial charge on any atom is -0.480 e. The number of carboxylic acid groups (broad SMARTS) is 1. The number of nitrogens with two attached hydrogens (primary N) is 2. The Kier molecular flexibility index (Phi) is 10.8. The fourth-order valence-electron chi connectivity index (χ4n) is 2.07. The molecule has 0 unspecified atom stereocenters. The second kappa shape index (κ2) is 11.7. The molecular weight excluding hydrogens is 348 g/mol. The van der Waals surface area contributed by atoms with Crippen LogP contribution >= 0.6 is 11.8 Å². The fraction of sp³-hybridized carbons (Fsp3) is 0.733.